The van der Waals surface area contributed by atoms with Crippen LogP contribution in [0, 0.1) is 5.92 Å². The molecule has 4 unspecified atom stereocenters. The molecule has 2 heteroatoms. The molecule has 2 nitrogen and oxygen atoms in total. The summed E-state index contributed by atoms with van der Waals surface area (Å²) in [7, 11) is 2.32. The maximum absolute atomic E-state index is 3.84. The number of hydrogen-bond acceptors (Lipinski definition) is 2. The second-order valence-electron chi connectivity index (χ2n) is 5.70. The Morgan fingerprint density at radius 1 is 1.07 bits per heavy atom. The molecule has 1 N–H and O–H groups in total. The highest BCUT2D eigenvalue weighted by Gasteiger charge is 2.41. The fourth-order valence-electron chi connectivity index (χ4n) is 3.40. The van der Waals surface area contributed by atoms with Crippen LogP contribution in [0.25, 0.3) is 0 Å². The van der Waals surface area contributed by atoms with Crippen LogP contribution in [0.2, 0.25) is 0 Å². The van der Waals surface area contributed by atoms with E-state index < -0.39 is 0 Å². The van der Waals surface area contributed by atoms with Gasteiger partial charge >= 0.3 is 0 Å². The molecule has 2 aliphatic heterocycles. The molecule has 0 aromatic heterocycles. The van der Waals surface area contributed by atoms with E-state index in [-0.39, 0.29) is 0 Å². The molecule has 4 atom stereocenters. The number of hydrogen-bond donors (Lipinski definition) is 1. The first-order valence-corrected chi connectivity index (χ1v) is 6.22. The summed E-state index contributed by atoms with van der Waals surface area (Å²) in [6, 6.07) is 3.47. The summed E-state index contributed by atoms with van der Waals surface area (Å²) in [5.41, 5.74) is 0. The van der Waals surface area contributed by atoms with Crippen molar-refractivity contribution in [3.8, 4) is 0 Å². The van der Waals surface area contributed by atoms with Gasteiger partial charge in [0.25, 0.3) is 0 Å². The van der Waals surface area contributed by atoms with Crippen molar-refractivity contribution in [3.63, 3.8) is 0 Å². The van der Waals surface area contributed by atoms with E-state index in [9.17, 15) is 0 Å². The van der Waals surface area contributed by atoms with Gasteiger partial charge in [-0.15, -0.1) is 0 Å². The van der Waals surface area contributed by atoms with Gasteiger partial charge in [-0.25, -0.2) is 0 Å². The van der Waals surface area contributed by atoms with Crippen molar-refractivity contribution in [1.29, 1.82) is 0 Å². The largest absolute Gasteiger partial charge is 0.311 e. The van der Waals surface area contributed by atoms with E-state index in [0.717, 1.165) is 30.1 Å². The van der Waals surface area contributed by atoms with Gasteiger partial charge in [-0.3, -0.25) is 0 Å². The quantitative estimate of drug-likeness (QED) is 0.718. The van der Waals surface area contributed by atoms with Gasteiger partial charge in [-0.2, -0.15) is 0 Å². The van der Waals surface area contributed by atoms with Crippen molar-refractivity contribution in [2.75, 3.05) is 7.05 Å². The standard InChI is InChI=1S/C12H22N2/c1-8-5-12(8)13-9-6-10-3-4-11(7-9)14(10)2/h8-13H,3-7H2,1-2H3. The Morgan fingerprint density at radius 2 is 1.64 bits per heavy atom. The van der Waals surface area contributed by atoms with Crippen molar-refractivity contribution in [2.45, 2.75) is 63.2 Å². The van der Waals surface area contributed by atoms with Gasteiger partial charge in [-0.05, 0) is 45.1 Å². The SMILES string of the molecule is CC1CC1NC1CC2CCC(C1)N2C. The molecule has 2 heterocycles. The molecule has 2 saturated heterocycles. The summed E-state index contributed by atoms with van der Waals surface area (Å²) < 4.78 is 0. The first kappa shape index (κ1) is 9.17. The van der Waals surface area contributed by atoms with Crippen LogP contribution in [0.15, 0.2) is 0 Å². The molecule has 14 heavy (non-hydrogen) atoms. The first-order valence-electron chi connectivity index (χ1n) is 6.22. The zero-order valence-electron chi connectivity index (χ0n) is 9.37. The number of piperidine rings is 1. The van der Waals surface area contributed by atoms with Crippen LogP contribution < -0.4 is 5.32 Å². The van der Waals surface area contributed by atoms with E-state index in [1.165, 1.54) is 32.1 Å². The van der Waals surface area contributed by atoms with Crippen LogP contribution in [-0.4, -0.2) is 36.1 Å². The monoisotopic (exact) mass is 194 g/mol. The van der Waals surface area contributed by atoms with Crippen LogP contribution in [0.3, 0.4) is 0 Å². The summed E-state index contributed by atoms with van der Waals surface area (Å²) >= 11 is 0. The lowest BCUT2D eigenvalue weighted by molar-refractivity contribution is 0.147. The van der Waals surface area contributed by atoms with Gasteiger partial charge in [0.15, 0.2) is 0 Å². The van der Waals surface area contributed by atoms with Crippen LogP contribution >= 0.6 is 0 Å². The van der Waals surface area contributed by atoms with Crippen LogP contribution in [0.1, 0.15) is 39.0 Å². The molecule has 0 amide bonds. The van der Waals surface area contributed by atoms with Crippen LogP contribution in [0.4, 0.5) is 0 Å². The summed E-state index contributed by atoms with van der Waals surface area (Å²) in [5, 5.41) is 3.84. The molecule has 0 aromatic carbocycles. The number of rotatable bonds is 2. The Bertz CT molecular complexity index is 214. The van der Waals surface area contributed by atoms with E-state index in [1.54, 1.807) is 0 Å². The molecule has 0 aromatic rings. The minimum absolute atomic E-state index is 0.832. The lowest BCUT2D eigenvalue weighted by atomic mass is 9.98. The molecule has 3 rings (SSSR count). The predicted molar refractivity (Wildman–Crippen MR) is 58.3 cm³/mol. The Labute approximate surface area is 87.0 Å². The Hall–Kier alpha value is -0.0800. The second-order valence-corrected chi connectivity index (χ2v) is 5.70. The third kappa shape index (κ3) is 1.49. The van der Waals surface area contributed by atoms with E-state index >= 15 is 0 Å². The third-order valence-electron chi connectivity index (χ3n) is 4.66. The smallest absolute Gasteiger partial charge is 0.0111 e. The van der Waals surface area contributed by atoms with Crippen LogP contribution in [0.5, 0.6) is 0 Å². The maximum atomic E-state index is 3.84. The minimum atomic E-state index is 0.832. The highest BCUT2D eigenvalue weighted by atomic mass is 15.2. The molecule has 3 aliphatic rings. The molecule has 0 radical (unpaired) electrons. The van der Waals surface area contributed by atoms with Gasteiger partial charge in [0.1, 0.15) is 0 Å². The molecular weight excluding hydrogens is 172 g/mol. The lowest BCUT2D eigenvalue weighted by Crippen LogP contribution is -2.47. The average Bonchev–Trinajstić information content (AvgIpc) is 2.80. The number of nitrogens with one attached hydrogen (secondary N) is 1. The van der Waals surface area contributed by atoms with Gasteiger partial charge in [-0.1, -0.05) is 6.92 Å². The highest BCUT2D eigenvalue weighted by Crippen LogP contribution is 2.37. The van der Waals surface area contributed by atoms with Gasteiger partial charge in [0.2, 0.25) is 0 Å². The maximum Gasteiger partial charge on any atom is 0.0111 e. The van der Waals surface area contributed by atoms with Crippen molar-refractivity contribution >= 4 is 0 Å². The molecule has 0 spiro atoms. The molecular formula is C12H22N2. The normalized spacial score (nSPS) is 52.3. The van der Waals surface area contributed by atoms with E-state index in [0.29, 0.717) is 0 Å². The topological polar surface area (TPSA) is 15.3 Å². The van der Waals surface area contributed by atoms with Gasteiger partial charge in [0, 0.05) is 24.2 Å². The third-order valence-corrected chi connectivity index (χ3v) is 4.66. The fraction of sp³-hybridized carbons (Fsp3) is 1.00. The summed E-state index contributed by atoms with van der Waals surface area (Å²) in [6.07, 6.45) is 7.10. The molecule has 80 valence electrons. The summed E-state index contributed by atoms with van der Waals surface area (Å²) in [5.74, 6) is 0.951. The van der Waals surface area contributed by atoms with Gasteiger partial charge < -0.3 is 10.2 Å². The number of nitrogens with zero attached hydrogens (tertiary/aromatic N) is 1. The van der Waals surface area contributed by atoms with Crippen molar-refractivity contribution in [3.05, 3.63) is 0 Å². The first-order chi connectivity index (χ1) is 6.74. The lowest BCUT2D eigenvalue weighted by Gasteiger charge is -2.36. The van der Waals surface area contributed by atoms with E-state index in [2.05, 4.69) is 24.2 Å². The predicted octanol–water partition coefficient (Wildman–Crippen LogP) is 1.61. The molecule has 2 bridgehead atoms. The van der Waals surface area contributed by atoms with E-state index in [1.807, 2.05) is 0 Å². The Morgan fingerprint density at radius 3 is 2.14 bits per heavy atom. The van der Waals surface area contributed by atoms with E-state index in [4.69, 9.17) is 0 Å². The highest BCUT2D eigenvalue weighted by molar-refractivity contribution is 4.99. The van der Waals surface area contributed by atoms with Crippen molar-refractivity contribution < 1.29 is 0 Å². The fourth-order valence-corrected chi connectivity index (χ4v) is 3.40. The summed E-state index contributed by atoms with van der Waals surface area (Å²) in [4.78, 5) is 2.62. The molecule has 1 saturated carbocycles. The molecule has 3 fully saturated rings. The second kappa shape index (κ2) is 3.21. The molecule has 1 aliphatic carbocycles. The Balaban J connectivity index is 1.57. The zero-order chi connectivity index (χ0) is 9.71. The zero-order valence-corrected chi connectivity index (χ0v) is 9.37. The van der Waals surface area contributed by atoms with Crippen molar-refractivity contribution in [2.24, 2.45) is 5.92 Å². The number of fused-ring (bicyclic) bond motifs is 2. The average molecular weight is 194 g/mol. The van der Waals surface area contributed by atoms with Crippen molar-refractivity contribution in [1.82, 2.24) is 10.2 Å². The minimum Gasteiger partial charge on any atom is -0.311 e. The summed E-state index contributed by atoms with van der Waals surface area (Å²) in [6.45, 7) is 2.36. The van der Waals surface area contributed by atoms with Crippen LogP contribution in [-0.2, 0) is 0 Å². The Kier molecular flexibility index (Phi) is 2.10. The van der Waals surface area contributed by atoms with Gasteiger partial charge in [0.05, 0.1) is 0 Å².